The first-order valence-corrected chi connectivity index (χ1v) is 8.37. The van der Waals surface area contributed by atoms with Gasteiger partial charge in [0, 0.05) is 43.4 Å². The lowest BCUT2D eigenvalue weighted by molar-refractivity contribution is -0.385. The maximum Gasteiger partial charge on any atom is 0.273 e. The molecule has 8 nitrogen and oxygen atoms in total. The fourth-order valence-corrected chi connectivity index (χ4v) is 3.48. The van der Waals surface area contributed by atoms with E-state index in [-0.39, 0.29) is 11.6 Å². The summed E-state index contributed by atoms with van der Waals surface area (Å²) in [6.45, 7) is 5.99. The fourth-order valence-electron chi connectivity index (χ4n) is 2.74. The molecule has 0 N–H and O–H groups in total. The minimum atomic E-state index is -0.457. The summed E-state index contributed by atoms with van der Waals surface area (Å²) < 4.78 is 0. The van der Waals surface area contributed by atoms with Crippen LogP contribution in [0.15, 0.2) is 18.2 Å². The van der Waals surface area contributed by atoms with Gasteiger partial charge in [-0.25, -0.2) is 0 Å². The summed E-state index contributed by atoms with van der Waals surface area (Å²) in [5.74, 6) is -0.163. The van der Waals surface area contributed by atoms with E-state index in [0.29, 0.717) is 37.3 Å². The van der Waals surface area contributed by atoms with E-state index in [2.05, 4.69) is 15.1 Å². The Hall–Kier alpha value is -2.55. The molecular formula is C15H17N5O3S. The van der Waals surface area contributed by atoms with Crippen molar-refractivity contribution >= 4 is 28.1 Å². The number of rotatable bonds is 3. The van der Waals surface area contributed by atoms with Crippen LogP contribution in [0.3, 0.4) is 0 Å². The van der Waals surface area contributed by atoms with E-state index >= 15 is 0 Å². The molecule has 1 saturated heterocycles. The first-order valence-electron chi connectivity index (χ1n) is 7.55. The van der Waals surface area contributed by atoms with Gasteiger partial charge in [0.15, 0.2) is 0 Å². The topological polar surface area (TPSA) is 92.5 Å². The molecule has 1 aromatic heterocycles. The molecule has 0 saturated carbocycles. The van der Waals surface area contributed by atoms with Crippen molar-refractivity contribution in [2.24, 2.45) is 0 Å². The molecule has 0 unspecified atom stereocenters. The molecule has 9 heteroatoms. The van der Waals surface area contributed by atoms with Gasteiger partial charge in [-0.15, -0.1) is 10.2 Å². The Morgan fingerprint density at radius 1 is 1.21 bits per heavy atom. The number of hydrogen-bond acceptors (Lipinski definition) is 7. The summed E-state index contributed by atoms with van der Waals surface area (Å²) in [5, 5.41) is 21.0. The lowest BCUT2D eigenvalue weighted by atomic mass is 10.1. The predicted molar refractivity (Wildman–Crippen MR) is 90.6 cm³/mol. The van der Waals surface area contributed by atoms with Crippen LogP contribution in [0.1, 0.15) is 20.9 Å². The number of benzene rings is 1. The summed E-state index contributed by atoms with van der Waals surface area (Å²) in [7, 11) is 0. The van der Waals surface area contributed by atoms with Gasteiger partial charge < -0.3 is 9.80 Å². The molecule has 1 fully saturated rings. The smallest absolute Gasteiger partial charge is 0.273 e. The zero-order valence-electron chi connectivity index (χ0n) is 13.4. The zero-order chi connectivity index (χ0) is 17.3. The van der Waals surface area contributed by atoms with Gasteiger partial charge in [-0.05, 0) is 19.9 Å². The largest absolute Gasteiger partial charge is 0.343 e. The van der Waals surface area contributed by atoms with E-state index in [1.165, 1.54) is 17.4 Å². The Kier molecular flexibility index (Phi) is 4.43. The normalized spacial score (nSPS) is 14.8. The molecule has 2 heterocycles. The molecule has 126 valence electrons. The average molecular weight is 347 g/mol. The number of nitro groups is 1. The summed E-state index contributed by atoms with van der Waals surface area (Å²) in [4.78, 5) is 27.1. The second-order valence-corrected chi connectivity index (χ2v) is 6.75. The number of carbonyl (C=O) groups excluding carboxylic acids is 1. The highest BCUT2D eigenvalue weighted by atomic mass is 32.1. The maximum atomic E-state index is 12.7. The van der Waals surface area contributed by atoms with Crippen molar-refractivity contribution in [1.29, 1.82) is 0 Å². The zero-order valence-corrected chi connectivity index (χ0v) is 14.2. The molecule has 2 aromatic rings. The van der Waals surface area contributed by atoms with Crippen molar-refractivity contribution < 1.29 is 9.72 Å². The van der Waals surface area contributed by atoms with Gasteiger partial charge in [0.2, 0.25) is 5.13 Å². The van der Waals surface area contributed by atoms with E-state index in [1.54, 1.807) is 24.0 Å². The molecule has 1 amide bonds. The van der Waals surface area contributed by atoms with Gasteiger partial charge in [0.1, 0.15) is 5.01 Å². The van der Waals surface area contributed by atoms with Gasteiger partial charge >= 0.3 is 0 Å². The number of amides is 1. The van der Waals surface area contributed by atoms with Crippen LogP contribution in [-0.2, 0) is 0 Å². The van der Waals surface area contributed by atoms with Crippen LogP contribution in [0, 0.1) is 24.0 Å². The van der Waals surface area contributed by atoms with Crippen molar-refractivity contribution in [3.05, 3.63) is 44.4 Å². The quantitative estimate of drug-likeness (QED) is 0.623. The van der Waals surface area contributed by atoms with E-state index in [9.17, 15) is 14.9 Å². The number of aromatic nitrogens is 2. The van der Waals surface area contributed by atoms with Gasteiger partial charge in [-0.2, -0.15) is 0 Å². The van der Waals surface area contributed by atoms with Gasteiger partial charge in [-0.1, -0.05) is 17.4 Å². The monoisotopic (exact) mass is 347 g/mol. The van der Waals surface area contributed by atoms with Crippen molar-refractivity contribution in [1.82, 2.24) is 15.1 Å². The van der Waals surface area contributed by atoms with Gasteiger partial charge in [0.25, 0.3) is 11.6 Å². The van der Waals surface area contributed by atoms with Gasteiger partial charge in [0.05, 0.1) is 4.92 Å². The molecule has 0 radical (unpaired) electrons. The summed E-state index contributed by atoms with van der Waals surface area (Å²) in [5.41, 5.74) is 0.780. The molecule has 1 aliphatic heterocycles. The third-order valence-electron chi connectivity index (χ3n) is 4.09. The van der Waals surface area contributed by atoms with E-state index < -0.39 is 4.92 Å². The fraction of sp³-hybridized carbons (Fsp3) is 0.400. The lowest BCUT2D eigenvalue weighted by Gasteiger charge is -2.34. The Balaban J connectivity index is 1.72. The third-order valence-corrected chi connectivity index (χ3v) is 4.98. The molecule has 0 atom stereocenters. The number of piperazine rings is 1. The summed E-state index contributed by atoms with van der Waals surface area (Å²) in [6, 6.07) is 4.62. The second kappa shape index (κ2) is 6.52. The van der Waals surface area contributed by atoms with Crippen molar-refractivity contribution in [2.75, 3.05) is 31.1 Å². The second-order valence-electron chi connectivity index (χ2n) is 5.59. The van der Waals surface area contributed by atoms with Crippen LogP contribution in [0.5, 0.6) is 0 Å². The number of hydrogen-bond donors (Lipinski definition) is 0. The van der Waals surface area contributed by atoms with Crippen molar-refractivity contribution in [3.8, 4) is 0 Å². The minimum absolute atomic E-state index is 0.0242. The Morgan fingerprint density at radius 3 is 2.50 bits per heavy atom. The van der Waals surface area contributed by atoms with Crippen LogP contribution in [0.2, 0.25) is 0 Å². The van der Waals surface area contributed by atoms with Crippen LogP contribution in [0.25, 0.3) is 0 Å². The Morgan fingerprint density at radius 2 is 1.92 bits per heavy atom. The predicted octanol–water partition coefficient (Wildman–Crippen LogP) is 2.03. The molecule has 1 aliphatic rings. The standard InChI is InChI=1S/C15H17N5O3S/c1-10-12(4-3-5-13(10)20(22)23)14(21)18-6-8-19(9-7-18)15-17-16-11(2)24-15/h3-5H,6-9H2,1-2H3. The maximum absolute atomic E-state index is 12.7. The van der Waals surface area contributed by atoms with Crippen LogP contribution >= 0.6 is 11.3 Å². The minimum Gasteiger partial charge on any atom is -0.343 e. The highest BCUT2D eigenvalue weighted by Crippen LogP contribution is 2.24. The van der Waals surface area contributed by atoms with Crippen molar-refractivity contribution in [3.63, 3.8) is 0 Å². The SMILES string of the molecule is Cc1nnc(N2CCN(C(=O)c3cccc([N+](=O)[O-])c3C)CC2)s1. The Labute approximate surface area is 142 Å². The summed E-state index contributed by atoms with van der Waals surface area (Å²) in [6.07, 6.45) is 0. The van der Waals surface area contributed by atoms with Crippen LogP contribution in [0.4, 0.5) is 10.8 Å². The first kappa shape index (κ1) is 16.3. The third kappa shape index (κ3) is 3.07. The molecule has 3 rings (SSSR count). The first-order chi connectivity index (χ1) is 11.5. The molecule has 24 heavy (non-hydrogen) atoms. The highest BCUT2D eigenvalue weighted by molar-refractivity contribution is 7.15. The van der Waals surface area contributed by atoms with Crippen LogP contribution in [-0.4, -0.2) is 52.1 Å². The van der Waals surface area contributed by atoms with Gasteiger partial charge in [-0.3, -0.25) is 14.9 Å². The molecule has 1 aromatic carbocycles. The number of nitro benzene ring substituents is 1. The molecule has 0 bridgehead atoms. The molecule has 0 aliphatic carbocycles. The highest BCUT2D eigenvalue weighted by Gasteiger charge is 2.26. The molecular weight excluding hydrogens is 330 g/mol. The number of aryl methyl sites for hydroxylation is 1. The van der Waals surface area contributed by atoms with E-state index in [1.807, 2.05) is 6.92 Å². The summed E-state index contributed by atoms with van der Waals surface area (Å²) >= 11 is 1.53. The number of carbonyl (C=O) groups is 1. The van der Waals surface area contributed by atoms with E-state index in [0.717, 1.165) is 10.1 Å². The lowest BCUT2D eigenvalue weighted by Crippen LogP contribution is -2.49. The Bertz CT molecular complexity index is 783. The average Bonchev–Trinajstić information content (AvgIpc) is 3.01. The van der Waals surface area contributed by atoms with Crippen molar-refractivity contribution in [2.45, 2.75) is 13.8 Å². The number of anilines is 1. The van der Waals surface area contributed by atoms with Crippen LogP contribution < -0.4 is 4.90 Å². The molecule has 0 spiro atoms. The van der Waals surface area contributed by atoms with E-state index in [4.69, 9.17) is 0 Å². The number of nitrogens with zero attached hydrogens (tertiary/aromatic N) is 5.